The number of nitrogens with zero attached hydrogens (tertiary/aromatic N) is 2. The number of aryl methyl sites for hydroxylation is 2. The average molecular weight is 342 g/mol. The zero-order valence-corrected chi connectivity index (χ0v) is 14.8. The molecule has 1 aromatic rings. The number of rotatable bonds is 6. The van der Waals surface area contributed by atoms with E-state index in [-0.39, 0.29) is 0 Å². The highest BCUT2D eigenvalue weighted by atomic mass is 79.9. The number of aromatic nitrogens is 2. The summed E-state index contributed by atoms with van der Waals surface area (Å²) < 4.78 is 3.23. The fourth-order valence-corrected chi connectivity index (χ4v) is 4.08. The van der Waals surface area contributed by atoms with Crippen LogP contribution in [0.15, 0.2) is 4.47 Å². The van der Waals surface area contributed by atoms with Crippen molar-refractivity contribution >= 4 is 15.9 Å². The molecule has 1 aliphatic rings. The maximum atomic E-state index is 4.53. The second kappa shape index (κ2) is 7.08. The first-order valence-electron chi connectivity index (χ1n) is 7.96. The Labute approximate surface area is 131 Å². The van der Waals surface area contributed by atoms with Crippen LogP contribution in [0.3, 0.4) is 0 Å². The fraction of sp³-hybridized carbons (Fsp3) is 0.812. The molecule has 2 rings (SSSR count). The van der Waals surface area contributed by atoms with Gasteiger partial charge < -0.3 is 5.32 Å². The summed E-state index contributed by atoms with van der Waals surface area (Å²) in [6.07, 6.45) is 6.43. The first-order chi connectivity index (χ1) is 9.54. The van der Waals surface area contributed by atoms with Crippen LogP contribution in [0, 0.1) is 18.8 Å². The maximum absolute atomic E-state index is 4.53. The van der Waals surface area contributed by atoms with Crippen molar-refractivity contribution in [3.05, 3.63) is 15.9 Å². The molecule has 0 amide bonds. The minimum Gasteiger partial charge on any atom is -0.313 e. The molecule has 1 saturated carbocycles. The van der Waals surface area contributed by atoms with Crippen LogP contribution in [-0.4, -0.2) is 22.4 Å². The van der Waals surface area contributed by atoms with Crippen molar-refractivity contribution in [1.82, 2.24) is 15.1 Å². The molecule has 0 bridgehead atoms. The summed E-state index contributed by atoms with van der Waals surface area (Å²) >= 11 is 3.71. The highest BCUT2D eigenvalue weighted by Crippen LogP contribution is 2.35. The van der Waals surface area contributed by atoms with Crippen molar-refractivity contribution in [2.75, 3.05) is 6.54 Å². The van der Waals surface area contributed by atoms with E-state index in [9.17, 15) is 0 Å². The topological polar surface area (TPSA) is 29.9 Å². The molecule has 0 aromatic carbocycles. The van der Waals surface area contributed by atoms with Gasteiger partial charge in [0.15, 0.2) is 0 Å². The molecule has 3 atom stereocenters. The van der Waals surface area contributed by atoms with Gasteiger partial charge in [-0.05, 0) is 54.1 Å². The summed E-state index contributed by atoms with van der Waals surface area (Å²) in [6.45, 7) is 7.84. The molecule has 4 heteroatoms. The molecular weight excluding hydrogens is 314 g/mol. The minimum absolute atomic E-state index is 0.582. The number of hydrogen-bond donors (Lipinski definition) is 1. The molecule has 3 unspecified atom stereocenters. The Bertz CT molecular complexity index is 441. The van der Waals surface area contributed by atoms with Crippen LogP contribution in [-0.2, 0) is 13.5 Å². The molecule has 0 spiro atoms. The lowest BCUT2D eigenvalue weighted by molar-refractivity contribution is 0.291. The highest BCUT2D eigenvalue weighted by Gasteiger charge is 2.31. The van der Waals surface area contributed by atoms with Gasteiger partial charge in [-0.15, -0.1) is 0 Å². The van der Waals surface area contributed by atoms with Crippen LogP contribution in [0.4, 0.5) is 0 Å². The molecule has 114 valence electrons. The lowest BCUT2D eigenvalue weighted by atomic mass is 9.87. The van der Waals surface area contributed by atoms with E-state index in [4.69, 9.17) is 0 Å². The first-order valence-corrected chi connectivity index (χ1v) is 8.75. The van der Waals surface area contributed by atoms with Gasteiger partial charge in [0, 0.05) is 19.5 Å². The number of halogens is 1. The summed E-state index contributed by atoms with van der Waals surface area (Å²) in [5.41, 5.74) is 2.42. The van der Waals surface area contributed by atoms with E-state index in [1.165, 1.54) is 35.8 Å². The lowest BCUT2D eigenvalue weighted by Crippen LogP contribution is -2.40. The molecule has 0 aliphatic heterocycles. The molecule has 1 aromatic heterocycles. The predicted octanol–water partition coefficient (Wildman–Crippen LogP) is 3.84. The Kier molecular flexibility index (Phi) is 5.67. The second-order valence-electron chi connectivity index (χ2n) is 6.31. The van der Waals surface area contributed by atoms with Crippen LogP contribution >= 0.6 is 15.9 Å². The zero-order chi connectivity index (χ0) is 14.7. The molecule has 0 radical (unpaired) electrons. The monoisotopic (exact) mass is 341 g/mol. The van der Waals surface area contributed by atoms with E-state index in [0.29, 0.717) is 6.04 Å². The molecule has 1 aliphatic carbocycles. The van der Waals surface area contributed by atoms with E-state index in [2.05, 4.69) is 54.2 Å². The Morgan fingerprint density at radius 1 is 1.45 bits per heavy atom. The summed E-state index contributed by atoms with van der Waals surface area (Å²) in [4.78, 5) is 0. The third-order valence-electron chi connectivity index (χ3n) is 4.78. The summed E-state index contributed by atoms with van der Waals surface area (Å²) in [5, 5.41) is 8.32. The Hall–Kier alpha value is -0.350. The van der Waals surface area contributed by atoms with Crippen molar-refractivity contribution in [2.45, 2.75) is 58.9 Å². The van der Waals surface area contributed by atoms with Crippen LogP contribution in [0.2, 0.25) is 0 Å². The molecular formula is C16H28BrN3. The molecule has 1 N–H and O–H groups in total. The van der Waals surface area contributed by atoms with Crippen LogP contribution in [0.1, 0.15) is 50.9 Å². The van der Waals surface area contributed by atoms with Crippen molar-refractivity contribution < 1.29 is 0 Å². The van der Waals surface area contributed by atoms with Crippen LogP contribution < -0.4 is 5.32 Å². The molecule has 3 nitrogen and oxygen atoms in total. The molecule has 1 heterocycles. The van der Waals surface area contributed by atoms with Gasteiger partial charge in [0.05, 0.1) is 15.9 Å². The molecule has 1 fully saturated rings. The molecule has 0 saturated heterocycles. The first kappa shape index (κ1) is 16.0. The van der Waals surface area contributed by atoms with Crippen molar-refractivity contribution in [3.63, 3.8) is 0 Å². The zero-order valence-electron chi connectivity index (χ0n) is 13.2. The van der Waals surface area contributed by atoms with Gasteiger partial charge in [0.2, 0.25) is 0 Å². The van der Waals surface area contributed by atoms with Crippen LogP contribution in [0.5, 0.6) is 0 Å². The highest BCUT2D eigenvalue weighted by molar-refractivity contribution is 9.10. The average Bonchev–Trinajstić information content (AvgIpc) is 2.93. The lowest BCUT2D eigenvalue weighted by Gasteiger charge is -2.28. The summed E-state index contributed by atoms with van der Waals surface area (Å²) in [6, 6.07) is 0.582. The Morgan fingerprint density at radius 3 is 2.70 bits per heavy atom. The molecule has 20 heavy (non-hydrogen) atoms. The largest absolute Gasteiger partial charge is 0.313 e. The van der Waals surface area contributed by atoms with Gasteiger partial charge in [-0.1, -0.05) is 26.7 Å². The third-order valence-corrected chi connectivity index (χ3v) is 5.81. The van der Waals surface area contributed by atoms with Crippen molar-refractivity contribution in [3.8, 4) is 0 Å². The second-order valence-corrected chi connectivity index (χ2v) is 7.10. The fourth-order valence-electron chi connectivity index (χ4n) is 3.59. The normalized spacial score (nSPS) is 24.2. The minimum atomic E-state index is 0.582. The third kappa shape index (κ3) is 3.45. The van der Waals surface area contributed by atoms with Crippen molar-refractivity contribution in [2.24, 2.45) is 18.9 Å². The maximum Gasteiger partial charge on any atom is 0.0738 e. The smallest absolute Gasteiger partial charge is 0.0738 e. The van der Waals surface area contributed by atoms with Gasteiger partial charge in [-0.2, -0.15) is 5.10 Å². The summed E-state index contributed by atoms with van der Waals surface area (Å²) in [7, 11) is 2.06. The standard InChI is InChI=1S/C16H28BrN3/c1-5-9-18-14(13-8-6-7-11(13)2)10-15-16(17)12(3)19-20(15)4/h11,13-14,18H,5-10H2,1-4H3. The van der Waals surface area contributed by atoms with E-state index in [1.54, 1.807) is 0 Å². The van der Waals surface area contributed by atoms with Gasteiger partial charge in [-0.3, -0.25) is 4.68 Å². The van der Waals surface area contributed by atoms with Gasteiger partial charge >= 0.3 is 0 Å². The Balaban J connectivity index is 2.14. The summed E-state index contributed by atoms with van der Waals surface area (Å²) in [5.74, 6) is 1.65. The number of nitrogens with one attached hydrogen (secondary N) is 1. The number of hydrogen-bond acceptors (Lipinski definition) is 2. The van der Waals surface area contributed by atoms with Gasteiger partial charge in [0.25, 0.3) is 0 Å². The van der Waals surface area contributed by atoms with E-state index >= 15 is 0 Å². The van der Waals surface area contributed by atoms with Gasteiger partial charge in [-0.25, -0.2) is 0 Å². The Morgan fingerprint density at radius 2 is 2.20 bits per heavy atom. The van der Waals surface area contributed by atoms with Crippen LogP contribution in [0.25, 0.3) is 0 Å². The van der Waals surface area contributed by atoms with E-state index < -0.39 is 0 Å². The van der Waals surface area contributed by atoms with Gasteiger partial charge in [0.1, 0.15) is 0 Å². The quantitative estimate of drug-likeness (QED) is 0.851. The van der Waals surface area contributed by atoms with E-state index in [0.717, 1.165) is 30.5 Å². The van der Waals surface area contributed by atoms with Crippen molar-refractivity contribution in [1.29, 1.82) is 0 Å². The predicted molar refractivity (Wildman–Crippen MR) is 87.9 cm³/mol. The van der Waals surface area contributed by atoms with E-state index in [1.807, 2.05) is 4.68 Å². The SMILES string of the molecule is CCCNC(Cc1c(Br)c(C)nn1C)C1CCCC1C.